The molecule has 1 atom stereocenters. The minimum absolute atomic E-state index is 0.125. The van der Waals surface area contributed by atoms with Crippen LogP contribution < -0.4 is 10.1 Å². The predicted octanol–water partition coefficient (Wildman–Crippen LogP) is 4.56. The van der Waals surface area contributed by atoms with Crippen molar-refractivity contribution in [3.05, 3.63) is 59.8 Å². The van der Waals surface area contributed by atoms with E-state index in [0.29, 0.717) is 65.1 Å². The van der Waals surface area contributed by atoms with E-state index < -0.39 is 11.7 Å². The van der Waals surface area contributed by atoms with Crippen molar-refractivity contribution in [2.45, 2.75) is 45.8 Å². The number of nitriles is 1. The second-order valence-corrected chi connectivity index (χ2v) is 11.4. The molecule has 5 heterocycles. The first-order valence-electron chi connectivity index (χ1n) is 13.8. The molecule has 1 aliphatic heterocycles. The average molecular weight is 584 g/mol. The molecular formula is C30H33N9O4. The van der Waals surface area contributed by atoms with Gasteiger partial charge in [0.1, 0.15) is 28.7 Å². The predicted molar refractivity (Wildman–Crippen MR) is 158 cm³/mol. The molecule has 2 amide bonds. The molecule has 4 aromatic heterocycles. The fourth-order valence-electron chi connectivity index (χ4n) is 4.69. The minimum atomic E-state index is -0.588. The second kappa shape index (κ2) is 11.6. The Hall–Kier alpha value is -5.25. The Bertz CT molecular complexity index is 1720. The highest BCUT2D eigenvalue weighted by Gasteiger charge is 2.33. The summed E-state index contributed by atoms with van der Waals surface area (Å²) in [4.78, 5) is 46.6. The van der Waals surface area contributed by atoms with Gasteiger partial charge in [-0.25, -0.2) is 19.7 Å². The van der Waals surface area contributed by atoms with Crippen molar-refractivity contribution in [1.29, 1.82) is 5.26 Å². The van der Waals surface area contributed by atoms with Crippen molar-refractivity contribution in [1.82, 2.24) is 34.3 Å². The number of anilines is 2. The number of hydrogen-bond donors (Lipinski definition) is 1. The molecule has 0 aliphatic carbocycles. The van der Waals surface area contributed by atoms with Crippen LogP contribution in [0.3, 0.4) is 0 Å². The number of amides is 2. The van der Waals surface area contributed by atoms with Gasteiger partial charge in [0.15, 0.2) is 11.4 Å². The van der Waals surface area contributed by atoms with E-state index in [9.17, 15) is 9.59 Å². The number of ether oxygens (including phenoxy) is 2. The molecule has 1 unspecified atom stereocenters. The lowest BCUT2D eigenvalue weighted by atomic mass is 10.2. The van der Waals surface area contributed by atoms with E-state index in [4.69, 9.17) is 14.7 Å². The van der Waals surface area contributed by atoms with E-state index in [1.807, 2.05) is 40.8 Å². The lowest BCUT2D eigenvalue weighted by Crippen LogP contribution is -2.42. The van der Waals surface area contributed by atoms with E-state index in [-0.39, 0.29) is 11.9 Å². The first-order valence-corrected chi connectivity index (χ1v) is 13.8. The summed E-state index contributed by atoms with van der Waals surface area (Å²) in [5.74, 6) is 1.12. The summed E-state index contributed by atoms with van der Waals surface area (Å²) in [7, 11) is 3.53. The number of likely N-dealkylation sites (N-methyl/N-ethyl adjacent to an activating group) is 1. The number of aromatic nitrogens is 5. The lowest BCUT2D eigenvalue weighted by Gasteiger charge is -2.28. The molecule has 0 saturated carbocycles. The SMILES string of the molecule is Cc1cc(C#N)ncc1Oc1cc(Nc2ccc(C(=O)N3CCC(N(C)C(=O)OC(C)(C)C)C3)cn2)c2ncn(C)c2n1. The summed E-state index contributed by atoms with van der Waals surface area (Å²) >= 11 is 0. The summed E-state index contributed by atoms with van der Waals surface area (Å²) < 4.78 is 13.3. The van der Waals surface area contributed by atoms with Gasteiger partial charge < -0.3 is 29.2 Å². The van der Waals surface area contributed by atoms with Crippen LogP contribution in [-0.2, 0) is 11.8 Å². The number of carbonyl (C=O) groups is 2. The number of carbonyl (C=O) groups excluding carboxylic acids is 2. The van der Waals surface area contributed by atoms with Gasteiger partial charge in [-0.1, -0.05) is 0 Å². The van der Waals surface area contributed by atoms with Crippen molar-refractivity contribution in [2.75, 3.05) is 25.5 Å². The Labute approximate surface area is 249 Å². The van der Waals surface area contributed by atoms with E-state index >= 15 is 0 Å². The number of nitrogens with zero attached hydrogens (tertiary/aromatic N) is 8. The van der Waals surface area contributed by atoms with E-state index in [1.54, 1.807) is 52.0 Å². The van der Waals surface area contributed by atoms with Gasteiger partial charge in [0.05, 0.1) is 29.8 Å². The standard InChI is InChI=1S/C30H33N9O4/c1-18-11-20(13-31)32-15-23(18)42-25-12-22(26-27(36-25)37(5)17-34-26)35-24-8-7-19(14-33-24)28(40)39-10-9-21(16-39)38(6)29(41)43-30(2,3)4/h7-8,11-12,14-15,17,21H,9-10,16H2,1-6H3,(H,33,35,36). The maximum absolute atomic E-state index is 13.2. The van der Waals surface area contributed by atoms with Crippen LogP contribution in [0.15, 0.2) is 43.0 Å². The quantitative estimate of drug-likeness (QED) is 0.342. The smallest absolute Gasteiger partial charge is 0.410 e. The van der Waals surface area contributed by atoms with Crippen LogP contribution in [0.5, 0.6) is 11.6 Å². The maximum atomic E-state index is 13.2. The number of aryl methyl sites for hydroxylation is 2. The number of pyridine rings is 3. The zero-order chi connectivity index (χ0) is 30.9. The first-order chi connectivity index (χ1) is 20.4. The topological polar surface area (TPSA) is 151 Å². The van der Waals surface area contributed by atoms with Crippen LogP contribution in [0.4, 0.5) is 16.3 Å². The molecule has 0 bridgehead atoms. The zero-order valence-corrected chi connectivity index (χ0v) is 25.0. The second-order valence-electron chi connectivity index (χ2n) is 11.4. The Morgan fingerprint density at radius 2 is 1.95 bits per heavy atom. The number of rotatable bonds is 6. The monoisotopic (exact) mass is 583 g/mol. The third-order valence-electron chi connectivity index (χ3n) is 6.99. The number of imidazole rings is 1. The molecular weight excluding hydrogens is 550 g/mol. The Balaban J connectivity index is 1.29. The lowest BCUT2D eigenvalue weighted by molar-refractivity contribution is 0.0226. The number of likely N-dealkylation sites (tertiary alicyclic amines) is 1. The van der Waals surface area contributed by atoms with Gasteiger partial charge in [0.25, 0.3) is 5.91 Å². The molecule has 13 nitrogen and oxygen atoms in total. The van der Waals surface area contributed by atoms with Gasteiger partial charge in [-0.15, -0.1) is 0 Å². The molecule has 1 aliphatic rings. The molecule has 5 rings (SSSR count). The third kappa shape index (κ3) is 6.48. The molecule has 0 radical (unpaired) electrons. The molecule has 4 aromatic rings. The third-order valence-corrected chi connectivity index (χ3v) is 6.99. The fraction of sp³-hybridized carbons (Fsp3) is 0.367. The summed E-state index contributed by atoms with van der Waals surface area (Å²) in [5.41, 5.74) is 2.71. The molecule has 0 aromatic carbocycles. The van der Waals surface area contributed by atoms with E-state index in [2.05, 4.69) is 25.3 Å². The highest BCUT2D eigenvalue weighted by molar-refractivity contribution is 5.94. The van der Waals surface area contributed by atoms with Crippen LogP contribution >= 0.6 is 0 Å². The van der Waals surface area contributed by atoms with E-state index in [1.165, 1.54) is 12.4 Å². The fourth-order valence-corrected chi connectivity index (χ4v) is 4.69. The van der Waals surface area contributed by atoms with Crippen molar-refractivity contribution in [2.24, 2.45) is 7.05 Å². The van der Waals surface area contributed by atoms with Crippen molar-refractivity contribution in [3.63, 3.8) is 0 Å². The van der Waals surface area contributed by atoms with Gasteiger partial charge in [0, 0.05) is 39.4 Å². The summed E-state index contributed by atoms with van der Waals surface area (Å²) in [6.45, 7) is 8.25. The van der Waals surface area contributed by atoms with Gasteiger partial charge in [-0.05, 0) is 57.9 Å². The Morgan fingerprint density at radius 1 is 1.16 bits per heavy atom. The largest absolute Gasteiger partial charge is 0.444 e. The van der Waals surface area contributed by atoms with Crippen LogP contribution in [0.1, 0.15) is 48.8 Å². The first kappa shape index (κ1) is 29.2. The van der Waals surface area contributed by atoms with E-state index in [0.717, 1.165) is 5.56 Å². The molecule has 1 fully saturated rings. The Morgan fingerprint density at radius 3 is 2.63 bits per heavy atom. The highest BCUT2D eigenvalue weighted by Crippen LogP contribution is 2.31. The van der Waals surface area contributed by atoms with Crippen LogP contribution in [0.25, 0.3) is 11.2 Å². The van der Waals surface area contributed by atoms with Gasteiger partial charge >= 0.3 is 6.09 Å². The van der Waals surface area contributed by atoms with Gasteiger partial charge in [-0.2, -0.15) is 10.2 Å². The normalized spacial score (nSPS) is 14.8. The zero-order valence-electron chi connectivity index (χ0n) is 25.0. The minimum Gasteiger partial charge on any atom is -0.444 e. The molecule has 0 spiro atoms. The molecule has 13 heteroatoms. The maximum Gasteiger partial charge on any atom is 0.410 e. The van der Waals surface area contributed by atoms with Crippen LogP contribution in [0, 0.1) is 18.3 Å². The number of fused-ring (bicyclic) bond motifs is 1. The van der Waals surface area contributed by atoms with Crippen molar-refractivity contribution < 1.29 is 19.1 Å². The number of nitrogens with one attached hydrogen (secondary N) is 1. The number of hydrogen-bond acceptors (Lipinski definition) is 10. The molecule has 1 N–H and O–H groups in total. The van der Waals surface area contributed by atoms with Crippen LogP contribution in [-0.4, -0.2) is 78.1 Å². The molecule has 222 valence electrons. The summed E-state index contributed by atoms with van der Waals surface area (Å²) in [6.07, 6.45) is 4.93. The van der Waals surface area contributed by atoms with Gasteiger partial charge in [0.2, 0.25) is 5.88 Å². The van der Waals surface area contributed by atoms with Crippen LogP contribution in [0.2, 0.25) is 0 Å². The summed E-state index contributed by atoms with van der Waals surface area (Å²) in [5, 5.41) is 12.4. The van der Waals surface area contributed by atoms with Crippen molar-refractivity contribution >= 4 is 34.7 Å². The average Bonchev–Trinajstić information content (AvgIpc) is 3.60. The van der Waals surface area contributed by atoms with Crippen molar-refractivity contribution in [3.8, 4) is 17.7 Å². The Kier molecular flexibility index (Phi) is 7.86. The molecule has 43 heavy (non-hydrogen) atoms. The summed E-state index contributed by atoms with van der Waals surface area (Å²) in [6, 6.07) is 8.67. The molecule has 1 saturated heterocycles. The van der Waals surface area contributed by atoms with Gasteiger partial charge in [-0.3, -0.25) is 4.79 Å². The highest BCUT2D eigenvalue weighted by atomic mass is 16.6.